The number of anilines is 1. The molecule has 0 aliphatic heterocycles. The molecule has 3 nitrogen and oxygen atoms in total. The van der Waals surface area contributed by atoms with Gasteiger partial charge in [-0.1, -0.05) is 32.6 Å². The Kier molecular flexibility index (Phi) is 5.29. The molecule has 3 heteroatoms. The lowest BCUT2D eigenvalue weighted by Crippen LogP contribution is -2.29. The van der Waals surface area contributed by atoms with Crippen LogP contribution in [0.25, 0.3) is 0 Å². The van der Waals surface area contributed by atoms with Gasteiger partial charge >= 0.3 is 0 Å². The Morgan fingerprint density at radius 1 is 1.37 bits per heavy atom. The summed E-state index contributed by atoms with van der Waals surface area (Å²) in [5.41, 5.74) is 1.12. The summed E-state index contributed by atoms with van der Waals surface area (Å²) in [4.78, 5) is 4.65. The van der Waals surface area contributed by atoms with Crippen molar-refractivity contribution in [1.82, 2.24) is 9.55 Å². The Bertz CT molecular complexity index is 377. The molecule has 1 aliphatic rings. The molecule has 1 aromatic heterocycles. The van der Waals surface area contributed by atoms with E-state index in [0.29, 0.717) is 6.04 Å². The molecule has 0 amide bonds. The first-order valence-corrected chi connectivity index (χ1v) is 8.01. The van der Waals surface area contributed by atoms with Crippen LogP contribution in [0.1, 0.15) is 64.5 Å². The highest BCUT2D eigenvalue weighted by Crippen LogP contribution is 2.28. The van der Waals surface area contributed by atoms with Gasteiger partial charge in [0.25, 0.3) is 0 Å². The lowest BCUT2D eigenvalue weighted by Gasteiger charge is -2.28. The molecule has 1 aromatic rings. The highest BCUT2D eigenvalue weighted by molar-refractivity contribution is 5.30. The van der Waals surface area contributed by atoms with Crippen molar-refractivity contribution in [2.45, 2.75) is 78.3 Å². The summed E-state index contributed by atoms with van der Waals surface area (Å²) in [6.07, 6.45) is 11.6. The molecule has 1 fully saturated rings. The van der Waals surface area contributed by atoms with Crippen molar-refractivity contribution in [3.05, 3.63) is 11.9 Å². The Hall–Kier alpha value is -0.990. The normalized spacial score (nSPS) is 18.5. The number of hydrogen-bond acceptors (Lipinski definition) is 2. The van der Waals surface area contributed by atoms with Gasteiger partial charge in [0, 0.05) is 18.8 Å². The summed E-state index contributed by atoms with van der Waals surface area (Å²) in [7, 11) is 0. The number of nitrogens with one attached hydrogen (secondary N) is 1. The Balaban J connectivity index is 1.96. The van der Waals surface area contributed by atoms with E-state index >= 15 is 0 Å². The zero-order valence-electron chi connectivity index (χ0n) is 12.8. The summed E-state index contributed by atoms with van der Waals surface area (Å²) in [6.45, 7) is 7.72. The third kappa shape index (κ3) is 3.99. The summed E-state index contributed by atoms with van der Waals surface area (Å²) in [6, 6.07) is 0.544. The number of aryl methyl sites for hydroxylation is 2. The fourth-order valence-electron chi connectivity index (χ4n) is 3.12. The van der Waals surface area contributed by atoms with Gasteiger partial charge in [0.2, 0.25) is 5.95 Å². The minimum Gasteiger partial charge on any atom is -0.353 e. The fourth-order valence-corrected chi connectivity index (χ4v) is 3.12. The largest absolute Gasteiger partial charge is 0.353 e. The van der Waals surface area contributed by atoms with Gasteiger partial charge in [0.05, 0.1) is 5.69 Å². The topological polar surface area (TPSA) is 29.9 Å². The minimum atomic E-state index is 0.544. The molecule has 0 spiro atoms. The van der Waals surface area contributed by atoms with Crippen LogP contribution in [-0.4, -0.2) is 15.6 Å². The lowest BCUT2D eigenvalue weighted by atomic mass is 9.85. The molecular formula is C16H29N3. The quantitative estimate of drug-likeness (QED) is 0.825. The van der Waals surface area contributed by atoms with E-state index in [4.69, 9.17) is 0 Å². The first-order valence-electron chi connectivity index (χ1n) is 8.01. The molecule has 1 unspecified atom stereocenters. The predicted octanol–water partition coefficient (Wildman–Crippen LogP) is 4.37. The maximum absolute atomic E-state index is 4.65. The molecule has 0 aromatic carbocycles. The number of aromatic nitrogens is 2. The highest BCUT2D eigenvalue weighted by atomic mass is 15.2. The van der Waals surface area contributed by atoms with Gasteiger partial charge in [-0.25, -0.2) is 4.98 Å². The third-order valence-electron chi connectivity index (χ3n) is 4.36. The van der Waals surface area contributed by atoms with Crippen molar-refractivity contribution in [3.63, 3.8) is 0 Å². The second kappa shape index (κ2) is 6.97. The van der Waals surface area contributed by atoms with Crippen LogP contribution in [-0.2, 0) is 6.54 Å². The summed E-state index contributed by atoms with van der Waals surface area (Å²) in [5.74, 6) is 1.90. The maximum Gasteiger partial charge on any atom is 0.203 e. The van der Waals surface area contributed by atoms with Gasteiger partial charge in [-0.15, -0.1) is 0 Å². The van der Waals surface area contributed by atoms with Gasteiger partial charge in [0.1, 0.15) is 0 Å². The second-order valence-electron chi connectivity index (χ2n) is 6.08. The molecule has 108 valence electrons. The number of imidazole rings is 1. The van der Waals surface area contributed by atoms with Crippen molar-refractivity contribution < 1.29 is 0 Å². The first kappa shape index (κ1) is 14.4. The van der Waals surface area contributed by atoms with E-state index in [1.807, 2.05) is 0 Å². The highest BCUT2D eigenvalue weighted by Gasteiger charge is 2.21. The Morgan fingerprint density at radius 2 is 2.11 bits per heavy atom. The van der Waals surface area contributed by atoms with Crippen LogP contribution in [0.3, 0.4) is 0 Å². The monoisotopic (exact) mass is 263 g/mol. The second-order valence-corrected chi connectivity index (χ2v) is 6.08. The van der Waals surface area contributed by atoms with Crippen molar-refractivity contribution in [2.24, 2.45) is 5.92 Å². The van der Waals surface area contributed by atoms with E-state index in [-0.39, 0.29) is 0 Å². The zero-order valence-corrected chi connectivity index (χ0v) is 12.8. The maximum atomic E-state index is 4.65. The van der Waals surface area contributed by atoms with Crippen molar-refractivity contribution >= 4 is 5.95 Å². The average Bonchev–Trinajstić information content (AvgIpc) is 2.77. The number of unbranched alkanes of at least 4 members (excludes halogenated alkanes) is 1. The SMILES string of the molecule is CCCCn1cc(C)nc1NC(C)C1CCCCC1. The first-order chi connectivity index (χ1) is 9.20. The van der Waals surface area contributed by atoms with E-state index in [2.05, 4.69) is 41.8 Å². The molecule has 1 atom stereocenters. The van der Waals surface area contributed by atoms with Gasteiger partial charge in [-0.05, 0) is 39.0 Å². The van der Waals surface area contributed by atoms with Crippen LogP contribution in [0, 0.1) is 12.8 Å². The summed E-state index contributed by atoms with van der Waals surface area (Å²) >= 11 is 0. The molecule has 2 rings (SSSR count). The van der Waals surface area contributed by atoms with Crippen LogP contribution in [0.15, 0.2) is 6.20 Å². The van der Waals surface area contributed by atoms with Crippen LogP contribution >= 0.6 is 0 Å². The van der Waals surface area contributed by atoms with Crippen LogP contribution in [0.2, 0.25) is 0 Å². The molecule has 1 heterocycles. The van der Waals surface area contributed by atoms with Crippen molar-refractivity contribution in [1.29, 1.82) is 0 Å². The molecule has 1 N–H and O–H groups in total. The van der Waals surface area contributed by atoms with E-state index in [9.17, 15) is 0 Å². The smallest absolute Gasteiger partial charge is 0.203 e. The van der Waals surface area contributed by atoms with E-state index in [0.717, 1.165) is 24.1 Å². The van der Waals surface area contributed by atoms with E-state index < -0.39 is 0 Å². The Labute approximate surface area is 117 Å². The van der Waals surface area contributed by atoms with E-state index in [1.165, 1.54) is 44.9 Å². The zero-order chi connectivity index (χ0) is 13.7. The van der Waals surface area contributed by atoms with Gasteiger partial charge in [-0.2, -0.15) is 0 Å². The van der Waals surface area contributed by atoms with Gasteiger partial charge in [-0.3, -0.25) is 0 Å². The van der Waals surface area contributed by atoms with Crippen molar-refractivity contribution in [3.8, 4) is 0 Å². The summed E-state index contributed by atoms with van der Waals surface area (Å²) < 4.78 is 2.29. The van der Waals surface area contributed by atoms with Gasteiger partial charge in [0.15, 0.2) is 0 Å². The van der Waals surface area contributed by atoms with Crippen LogP contribution in [0.4, 0.5) is 5.95 Å². The number of hydrogen-bond donors (Lipinski definition) is 1. The molecule has 0 radical (unpaired) electrons. The third-order valence-corrected chi connectivity index (χ3v) is 4.36. The minimum absolute atomic E-state index is 0.544. The number of nitrogens with zero attached hydrogens (tertiary/aromatic N) is 2. The molecule has 1 saturated carbocycles. The Morgan fingerprint density at radius 3 is 2.79 bits per heavy atom. The lowest BCUT2D eigenvalue weighted by molar-refractivity contribution is 0.327. The fraction of sp³-hybridized carbons (Fsp3) is 0.812. The van der Waals surface area contributed by atoms with E-state index in [1.54, 1.807) is 0 Å². The van der Waals surface area contributed by atoms with Gasteiger partial charge < -0.3 is 9.88 Å². The number of rotatable bonds is 6. The standard InChI is InChI=1S/C16H29N3/c1-4-5-11-19-12-13(2)17-16(19)18-14(3)15-9-7-6-8-10-15/h12,14-15H,4-11H2,1-3H3,(H,17,18). The molecule has 1 aliphatic carbocycles. The van der Waals surface area contributed by atoms with Crippen molar-refractivity contribution in [2.75, 3.05) is 5.32 Å². The average molecular weight is 263 g/mol. The molecule has 0 saturated heterocycles. The molecule has 0 bridgehead atoms. The molecular weight excluding hydrogens is 234 g/mol. The van der Waals surface area contributed by atoms with Crippen LogP contribution < -0.4 is 5.32 Å². The summed E-state index contributed by atoms with van der Waals surface area (Å²) in [5, 5.41) is 3.66. The predicted molar refractivity (Wildman–Crippen MR) is 81.5 cm³/mol. The molecule has 19 heavy (non-hydrogen) atoms. The van der Waals surface area contributed by atoms with Crippen LogP contribution in [0.5, 0.6) is 0 Å².